The van der Waals surface area contributed by atoms with Crippen LogP contribution in [0.2, 0.25) is 36.3 Å². The van der Waals surface area contributed by atoms with Crippen molar-refractivity contribution >= 4 is 16.6 Å². The molecule has 0 aliphatic carbocycles. The average Bonchev–Trinajstić information content (AvgIpc) is 2.60. The van der Waals surface area contributed by atoms with Crippen LogP contribution in [0.1, 0.15) is 61.3 Å². The Morgan fingerprint density at radius 3 is 1.87 bits per heavy atom. The summed E-state index contributed by atoms with van der Waals surface area (Å²) in [5, 5.41) is 9.45. The van der Waals surface area contributed by atoms with Crippen molar-refractivity contribution in [2.75, 3.05) is 6.61 Å². The molecule has 0 aromatic rings. The third kappa shape index (κ3) is 7.64. The Balaban J connectivity index is 3.28. The van der Waals surface area contributed by atoms with Gasteiger partial charge in [-0.25, -0.2) is 0 Å². The number of aliphatic hydroxyl groups excluding tert-OH is 1. The molecular formula is C25H50O4Si2. The smallest absolute Gasteiger partial charge is 0.192 e. The standard InChI is InChI=1S/C25H50O4Si2/c1-13-19(2)23-22(29-31(11,12)25(6,7)8)18-21(20(27-23)16-14-15-17-26)28-30(9,10)24(3,4)5/h13-15,19-23,26H,1,16-18H2,2-12H3/b15-14-/t19-,20+,21+,22-,23-/m0/s1. The fourth-order valence-electron chi connectivity index (χ4n) is 3.35. The minimum Gasteiger partial charge on any atom is -0.411 e. The number of hydrogen-bond acceptors (Lipinski definition) is 4. The van der Waals surface area contributed by atoms with E-state index in [0.717, 1.165) is 12.8 Å². The van der Waals surface area contributed by atoms with Crippen molar-refractivity contribution in [2.24, 2.45) is 5.92 Å². The van der Waals surface area contributed by atoms with Crippen molar-refractivity contribution in [1.82, 2.24) is 0 Å². The third-order valence-electron chi connectivity index (χ3n) is 7.61. The van der Waals surface area contributed by atoms with E-state index in [4.69, 9.17) is 13.6 Å². The molecule has 182 valence electrons. The Morgan fingerprint density at radius 2 is 1.45 bits per heavy atom. The summed E-state index contributed by atoms with van der Waals surface area (Å²) >= 11 is 0. The van der Waals surface area contributed by atoms with Crippen LogP contribution in [0.15, 0.2) is 24.8 Å². The number of ether oxygens (including phenoxy) is 1. The van der Waals surface area contributed by atoms with E-state index >= 15 is 0 Å². The van der Waals surface area contributed by atoms with Gasteiger partial charge >= 0.3 is 0 Å². The van der Waals surface area contributed by atoms with Crippen LogP contribution >= 0.6 is 0 Å². The molecule has 0 amide bonds. The predicted octanol–water partition coefficient (Wildman–Crippen LogP) is 6.69. The molecular weight excluding hydrogens is 420 g/mol. The van der Waals surface area contributed by atoms with Gasteiger partial charge in [0.05, 0.1) is 31.0 Å². The van der Waals surface area contributed by atoms with E-state index in [1.807, 2.05) is 12.2 Å². The highest BCUT2D eigenvalue weighted by Crippen LogP contribution is 2.43. The van der Waals surface area contributed by atoms with Crippen LogP contribution < -0.4 is 0 Å². The van der Waals surface area contributed by atoms with Crippen LogP contribution in [0.4, 0.5) is 0 Å². The second-order valence-corrected chi connectivity index (χ2v) is 21.7. The van der Waals surface area contributed by atoms with Gasteiger partial charge in [0.1, 0.15) is 0 Å². The predicted molar refractivity (Wildman–Crippen MR) is 138 cm³/mol. The van der Waals surface area contributed by atoms with Gasteiger partial charge in [-0.15, -0.1) is 6.58 Å². The van der Waals surface area contributed by atoms with Crippen LogP contribution in [0, 0.1) is 5.92 Å². The van der Waals surface area contributed by atoms with Gasteiger partial charge in [0.15, 0.2) is 16.6 Å². The maximum atomic E-state index is 9.20. The van der Waals surface area contributed by atoms with E-state index in [0.29, 0.717) is 0 Å². The summed E-state index contributed by atoms with van der Waals surface area (Å²) in [5.41, 5.74) is 0. The highest BCUT2D eigenvalue weighted by molar-refractivity contribution is 6.74. The van der Waals surface area contributed by atoms with Crippen LogP contribution in [0.5, 0.6) is 0 Å². The molecule has 1 heterocycles. The third-order valence-corrected chi connectivity index (χ3v) is 16.6. The number of hydrogen-bond donors (Lipinski definition) is 1. The summed E-state index contributed by atoms with van der Waals surface area (Å²) in [4.78, 5) is 0. The fourth-order valence-corrected chi connectivity index (χ4v) is 6.05. The zero-order valence-corrected chi connectivity index (χ0v) is 24.1. The lowest BCUT2D eigenvalue weighted by Gasteiger charge is -2.50. The SMILES string of the molecule is C=C[C@H](C)[C@@H]1O[C@H](C/C=C\CO)[C@H](O[Si](C)(C)C(C)(C)C)C[C@@H]1O[Si](C)(C)C(C)(C)C. The molecule has 1 N–H and O–H groups in total. The molecule has 0 aromatic heterocycles. The summed E-state index contributed by atoms with van der Waals surface area (Å²) in [6.45, 7) is 29.1. The molecule has 0 bridgehead atoms. The van der Waals surface area contributed by atoms with E-state index < -0.39 is 16.6 Å². The molecule has 4 nitrogen and oxygen atoms in total. The average molecular weight is 471 g/mol. The number of rotatable bonds is 9. The first-order valence-electron chi connectivity index (χ1n) is 11.9. The highest BCUT2D eigenvalue weighted by Gasteiger charge is 2.48. The zero-order chi connectivity index (χ0) is 24.3. The monoisotopic (exact) mass is 470 g/mol. The Hall–Kier alpha value is -0.246. The lowest BCUT2D eigenvalue weighted by atomic mass is 9.90. The van der Waals surface area contributed by atoms with Crippen LogP contribution in [0.25, 0.3) is 0 Å². The molecule has 1 aliphatic rings. The maximum absolute atomic E-state index is 9.20. The molecule has 31 heavy (non-hydrogen) atoms. The summed E-state index contributed by atoms with van der Waals surface area (Å²) < 4.78 is 20.6. The molecule has 6 heteroatoms. The molecule has 1 aliphatic heterocycles. The molecule has 1 saturated heterocycles. The maximum Gasteiger partial charge on any atom is 0.192 e. The van der Waals surface area contributed by atoms with E-state index in [-0.39, 0.29) is 47.0 Å². The van der Waals surface area contributed by atoms with Crippen LogP contribution in [0.3, 0.4) is 0 Å². The van der Waals surface area contributed by atoms with Gasteiger partial charge in [0, 0.05) is 12.3 Å². The van der Waals surface area contributed by atoms with Gasteiger partial charge in [0.25, 0.3) is 0 Å². The lowest BCUT2D eigenvalue weighted by molar-refractivity contribution is -0.169. The van der Waals surface area contributed by atoms with Gasteiger partial charge < -0.3 is 18.7 Å². The molecule has 0 unspecified atom stereocenters. The summed E-state index contributed by atoms with van der Waals surface area (Å²) in [7, 11) is -3.96. The van der Waals surface area contributed by atoms with Crippen molar-refractivity contribution in [3.8, 4) is 0 Å². The lowest BCUT2D eigenvalue weighted by Crippen LogP contribution is -2.58. The first kappa shape index (κ1) is 28.8. The van der Waals surface area contributed by atoms with Gasteiger partial charge in [-0.05, 0) is 42.7 Å². The van der Waals surface area contributed by atoms with E-state index in [1.165, 1.54) is 0 Å². The minimum atomic E-state index is -1.98. The Labute approximate surface area is 194 Å². The van der Waals surface area contributed by atoms with Crippen molar-refractivity contribution in [1.29, 1.82) is 0 Å². The largest absolute Gasteiger partial charge is 0.411 e. The Kier molecular flexibility index (Phi) is 10.0. The fraction of sp³-hybridized carbons (Fsp3) is 0.840. The van der Waals surface area contributed by atoms with E-state index in [1.54, 1.807) is 6.08 Å². The van der Waals surface area contributed by atoms with E-state index in [9.17, 15) is 5.11 Å². The number of aliphatic hydroxyl groups is 1. The van der Waals surface area contributed by atoms with Crippen molar-refractivity contribution in [2.45, 2.75) is 122 Å². The molecule has 0 radical (unpaired) electrons. The van der Waals surface area contributed by atoms with Gasteiger partial charge in [-0.3, -0.25) is 0 Å². The van der Waals surface area contributed by atoms with E-state index in [2.05, 4.69) is 81.2 Å². The highest BCUT2D eigenvalue weighted by atomic mass is 28.4. The van der Waals surface area contributed by atoms with Gasteiger partial charge in [-0.1, -0.05) is 66.7 Å². The molecule has 1 fully saturated rings. The quantitative estimate of drug-likeness (QED) is 0.301. The zero-order valence-electron chi connectivity index (χ0n) is 22.1. The molecule has 0 saturated carbocycles. The normalized spacial score (nSPS) is 27.5. The Morgan fingerprint density at radius 1 is 0.968 bits per heavy atom. The first-order valence-corrected chi connectivity index (χ1v) is 17.7. The Bertz CT molecular complexity index is 602. The van der Waals surface area contributed by atoms with Crippen molar-refractivity contribution in [3.05, 3.63) is 24.8 Å². The topological polar surface area (TPSA) is 47.9 Å². The summed E-state index contributed by atoms with van der Waals surface area (Å²) in [6, 6.07) is 0. The minimum absolute atomic E-state index is 0.0123. The second-order valence-electron chi connectivity index (χ2n) is 12.2. The van der Waals surface area contributed by atoms with Crippen molar-refractivity contribution < 1.29 is 18.7 Å². The molecule has 1 rings (SSSR count). The molecule has 0 spiro atoms. The summed E-state index contributed by atoms with van der Waals surface area (Å²) in [5.74, 6) is 0.188. The van der Waals surface area contributed by atoms with Crippen molar-refractivity contribution in [3.63, 3.8) is 0 Å². The molecule has 0 aromatic carbocycles. The second kappa shape index (κ2) is 10.8. The first-order chi connectivity index (χ1) is 14.0. The van der Waals surface area contributed by atoms with Crippen LogP contribution in [-0.2, 0) is 13.6 Å². The summed E-state index contributed by atoms with van der Waals surface area (Å²) in [6.07, 6.45) is 7.21. The van der Waals surface area contributed by atoms with Gasteiger partial charge in [0.2, 0.25) is 0 Å². The van der Waals surface area contributed by atoms with Crippen LogP contribution in [-0.4, -0.2) is 52.8 Å². The molecule has 5 atom stereocenters. The van der Waals surface area contributed by atoms with Gasteiger partial charge in [-0.2, -0.15) is 0 Å².